The number of nitro benzene ring substituents is 1. The topological polar surface area (TPSA) is 85.1 Å². The van der Waals surface area contributed by atoms with Crippen LogP contribution >= 0.6 is 23.2 Å². The van der Waals surface area contributed by atoms with Crippen molar-refractivity contribution in [1.82, 2.24) is 4.98 Å². The first-order valence-electron chi connectivity index (χ1n) is 5.77. The number of nitrogens with one attached hydrogen (secondary N) is 1. The van der Waals surface area contributed by atoms with Gasteiger partial charge in [-0.25, -0.2) is 4.98 Å². The van der Waals surface area contributed by atoms with Crippen molar-refractivity contribution in [3.63, 3.8) is 0 Å². The third-order valence-electron chi connectivity index (χ3n) is 2.71. The van der Waals surface area contributed by atoms with E-state index in [-0.39, 0.29) is 16.3 Å². The van der Waals surface area contributed by atoms with Crippen LogP contribution in [-0.4, -0.2) is 15.8 Å². The molecule has 1 aromatic heterocycles. The van der Waals surface area contributed by atoms with Gasteiger partial charge >= 0.3 is 0 Å². The summed E-state index contributed by atoms with van der Waals surface area (Å²) in [4.78, 5) is 26.3. The van der Waals surface area contributed by atoms with Gasteiger partial charge in [0.2, 0.25) is 0 Å². The second-order valence-corrected chi connectivity index (χ2v) is 4.94. The van der Waals surface area contributed by atoms with E-state index < -0.39 is 10.8 Å². The summed E-state index contributed by atoms with van der Waals surface area (Å²) in [5.41, 5.74) is 0.778. The van der Waals surface area contributed by atoms with Crippen molar-refractivity contribution in [2.24, 2.45) is 0 Å². The average Bonchev–Trinajstić information content (AvgIpc) is 2.42. The molecule has 2 aromatic rings. The summed E-state index contributed by atoms with van der Waals surface area (Å²) in [5.74, 6) is -0.559. The fourth-order valence-corrected chi connectivity index (χ4v) is 2.05. The van der Waals surface area contributed by atoms with Gasteiger partial charge in [-0.15, -0.1) is 0 Å². The number of anilines is 1. The third-order valence-corrected chi connectivity index (χ3v) is 3.25. The molecule has 1 aromatic carbocycles. The van der Waals surface area contributed by atoms with Gasteiger partial charge in [0.15, 0.2) is 0 Å². The Kier molecular flexibility index (Phi) is 4.40. The molecule has 1 amide bonds. The number of halogens is 2. The maximum atomic E-state index is 12.2. The van der Waals surface area contributed by atoms with Crippen molar-refractivity contribution in [3.8, 4) is 0 Å². The first-order valence-corrected chi connectivity index (χ1v) is 6.52. The first kappa shape index (κ1) is 15.2. The molecular formula is C13H9Cl2N3O3. The summed E-state index contributed by atoms with van der Waals surface area (Å²) < 4.78 is 0. The van der Waals surface area contributed by atoms with Gasteiger partial charge in [0, 0.05) is 12.1 Å². The minimum absolute atomic E-state index is 0.0141. The molecule has 2 rings (SSSR count). The number of hydrogen-bond donors (Lipinski definition) is 1. The molecule has 6 nitrogen and oxygen atoms in total. The number of carbonyl (C=O) groups is 1. The third kappa shape index (κ3) is 3.48. The zero-order valence-corrected chi connectivity index (χ0v) is 12.3. The minimum atomic E-state index is -0.595. The average molecular weight is 326 g/mol. The molecule has 0 atom stereocenters. The van der Waals surface area contributed by atoms with Gasteiger partial charge in [0.1, 0.15) is 5.15 Å². The molecule has 0 aliphatic heterocycles. The Morgan fingerprint density at radius 3 is 2.62 bits per heavy atom. The van der Waals surface area contributed by atoms with Crippen LogP contribution in [0.4, 0.5) is 11.4 Å². The molecule has 0 fully saturated rings. The lowest BCUT2D eigenvalue weighted by Gasteiger charge is -2.09. The second-order valence-electron chi connectivity index (χ2n) is 4.14. The number of benzene rings is 1. The number of nitro groups is 1. The number of aryl methyl sites for hydroxylation is 1. The monoisotopic (exact) mass is 325 g/mol. The van der Waals surface area contributed by atoms with E-state index in [9.17, 15) is 14.9 Å². The van der Waals surface area contributed by atoms with Crippen LogP contribution in [0.2, 0.25) is 10.2 Å². The number of amides is 1. The van der Waals surface area contributed by atoms with E-state index in [1.54, 1.807) is 13.0 Å². The molecule has 0 bridgehead atoms. The highest BCUT2D eigenvalue weighted by Crippen LogP contribution is 2.24. The number of nitrogens with zero attached hydrogens (tertiary/aromatic N) is 2. The van der Waals surface area contributed by atoms with Gasteiger partial charge in [-0.2, -0.15) is 0 Å². The number of non-ortho nitro benzene ring substituents is 1. The minimum Gasteiger partial charge on any atom is -0.320 e. The number of aromatic nitrogens is 1. The van der Waals surface area contributed by atoms with Gasteiger partial charge < -0.3 is 5.32 Å². The van der Waals surface area contributed by atoms with Crippen molar-refractivity contribution in [2.75, 3.05) is 5.32 Å². The van der Waals surface area contributed by atoms with Crippen molar-refractivity contribution < 1.29 is 9.72 Å². The summed E-state index contributed by atoms with van der Waals surface area (Å²) in [5, 5.41) is 13.8. The molecule has 108 valence electrons. The Labute approximate surface area is 129 Å². The molecule has 0 unspecified atom stereocenters. The predicted molar refractivity (Wildman–Crippen MR) is 80.0 cm³/mol. The highest BCUT2D eigenvalue weighted by Gasteiger charge is 2.16. The van der Waals surface area contributed by atoms with Gasteiger partial charge in [-0.3, -0.25) is 14.9 Å². The number of rotatable bonds is 3. The fraction of sp³-hybridized carbons (Fsp3) is 0.0769. The van der Waals surface area contributed by atoms with Crippen LogP contribution in [-0.2, 0) is 0 Å². The molecule has 0 saturated carbocycles. The summed E-state index contributed by atoms with van der Waals surface area (Å²) in [6.07, 6.45) is 0. The van der Waals surface area contributed by atoms with Crippen LogP contribution in [0.5, 0.6) is 0 Å². The van der Waals surface area contributed by atoms with Crippen LogP contribution in [0.1, 0.15) is 16.1 Å². The summed E-state index contributed by atoms with van der Waals surface area (Å²) >= 11 is 11.6. The van der Waals surface area contributed by atoms with E-state index in [2.05, 4.69) is 10.3 Å². The van der Waals surface area contributed by atoms with Crippen molar-refractivity contribution in [2.45, 2.75) is 6.92 Å². The molecule has 0 aliphatic carbocycles. The van der Waals surface area contributed by atoms with Gasteiger partial charge in [-0.1, -0.05) is 23.2 Å². The van der Waals surface area contributed by atoms with E-state index in [0.717, 1.165) is 6.07 Å². The highest BCUT2D eigenvalue weighted by molar-refractivity contribution is 6.34. The van der Waals surface area contributed by atoms with Gasteiger partial charge in [0.25, 0.3) is 11.6 Å². The zero-order chi connectivity index (χ0) is 15.6. The van der Waals surface area contributed by atoms with E-state index >= 15 is 0 Å². The Balaban J connectivity index is 2.32. The molecule has 0 spiro atoms. The Morgan fingerprint density at radius 2 is 2.00 bits per heavy atom. The van der Waals surface area contributed by atoms with Crippen LogP contribution < -0.4 is 5.32 Å². The number of carbonyl (C=O) groups excluding carboxylic acids is 1. The smallest absolute Gasteiger partial charge is 0.270 e. The lowest BCUT2D eigenvalue weighted by atomic mass is 10.2. The Hall–Kier alpha value is -2.18. The second kappa shape index (κ2) is 6.07. The maximum Gasteiger partial charge on any atom is 0.270 e. The SMILES string of the molecule is Cc1nc(Cl)ccc1NC(=O)c1cc([N+](=O)[O-])ccc1Cl. The fourth-order valence-electron chi connectivity index (χ4n) is 1.65. The summed E-state index contributed by atoms with van der Waals surface area (Å²) in [6.45, 7) is 1.68. The standard InChI is InChI=1S/C13H9Cl2N3O3/c1-7-11(4-5-12(15)16-7)17-13(19)9-6-8(18(20)21)2-3-10(9)14/h2-6H,1H3,(H,17,19). The molecular weight excluding hydrogens is 317 g/mol. The quantitative estimate of drug-likeness (QED) is 0.527. The normalized spacial score (nSPS) is 10.2. The molecule has 0 saturated heterocycles. The van der Waals surface area contributed by atoms with Gasteiger partial charge in [-0.05, 0) is 25.1 Å². The van der Waals surface area contributed by atoms with Gasteiger partial charge in [0.05, 0.1) is 26.9 Å². The predicted octanol–water partition coefficient (Wildman–Crippen LogP) is 3.86. The molecule has 21 heavy (non-hydrogen) atoms. The van der Waals surface area contributed by atoms with Crippen LogP contribution in [0.25, 0.3) is 0 Å². The van der Waals surface area contributed by atoms with Crippen molar-refractivity contribution >= 4 is 40.5 Å². The lowest BCUT2D eigenvalue weighted by molar-refractivity contribution is -0.384. The van der Waals surface area contributed by atoms with Crippen LogP contribution in [0.15, 0.2) is 30.3 Å². The molecule has 1 heterocycles. The Bertz CT molecular complexity index is 735. The largest absolute Gasteiger partial charge is 0.320 e. The number of pyridine rings is 1. The van der Waals surface area contributed by atoms with Crippen LogP contribution in [0.3, 0.4) is 0 Å². The van der Waals surface area contributed by atoms with Crippen molar-refractivity contribution in [3.05, 3.63) is 61.9 Å². The van der Waals surface area contributed by atoms with Crippen LogP contribution in [0, 0.1) is 17.0 Å². The highest BCUT2D eigenvalue weighted by atomic mass is 35.5. The molecule has 0 radical (unpaired) electrons. The summed E-state index contributed by atoms with van der Waals surface area (Å²) in [7, 11) is 0. The van der Waals surface area contributed by atoms with E-state index in [1.807, 2.05) is 0 Å². The summed E-state index contributed by atoms with van der Waals surface area (Å²) in [6, 6.07) is 6.78. The van der Waals surface area contributed by atoms with E-state index in [0.29, 0.717) is 16.5 Å². The van der Waals surface area contributed by atoms with Crippen molar-refractivity contribution in [1.29, 1.82) is 0 Å². The zero-order valence-electron chi connectivity index (χ0n) is 10.8. The Morgan fingerprint density at radius 1 is 1.29 bits per heavy atom. The van der Waals surface area contributed by atoms with E-state index in [1.165, 1.54) is 18.2 Å². The lowest BCUT2D eigenvalue weighted by Crippen LogP contribution is -2.14. The molecule has 0 aliphatic rings. The number of hydrogen-bond acceptors (Lipinski definition) is 4. The molecule has 8 heteroatoms. The molecule has 1 N–H and O–H groups in total. The first-order chi connectivity index (χ1) is 9.88. The maximum absolute atomic E-state index is 12.2. The van der Waals surface area contributed by atoms with E-state index in [4.69, 9.17) is 23.2 Å².